The molecule has 0 fully saturated rings. The Kier molecular flexibility index (Phi) is 9.29. The second-order valence-electron chi connectivity index (χ2n) is 10.5. The van der Waals surface area contributed by atoms with Crippen molar-refractivity contribution in [1.29, 1.82) is 0 Å². The molecule has 5 nitrogen and oxygen atoms in total. The second kappa shape index (κ2) is 12.6. The molecular formula is C31H35ClN2O3S. The summed E-state index contributed by atoms with van der Waals surface area (Å²) >= 11 is 11.6. The molecule has 0 bridgehead atoms. The van der Waals surface area contributed by atoms with Gasteiger partial charge in [0, 0.05) is 28.4 Å². The average molecular weight is 551 g/mol. The number of rotatable bonds is 10. The molecule has 0 saturated carbocycles. The number of thiocarbonyl (C=S) groups is 1. The van der Waals surface area contributed by atoms with Gasteiger partial charge < -0.3 is 20.1 Å². The number of nitrogens with one attached hydrogen (secondary N) is 2. The Hall–Kier alpha value is -3.09. The topological polar surface area (TPSA) is 59.6 Å². The number of halogens is 1. The summed E-state index contributed by atoms with van der Waals surface area (Å²) in [5, 5.41) is 7.05. The highest BCUT2D eigenvalue weighted by atomic mass is 35.5. The summed E-state index contributed by atoms with van der Waals surface area (Å²) in [4.78, 5) is 13.4. The zero-order valence-corrected chi connectivity index (χ0v) is 23.8. The Morgan fingerprint density at radius 2 is 1.66 bits per heavy atom. The van der Waals surface area contributed by atoms with Crippen LogP contribution in [0.15, 0.2) is 66.7 Å². The zero-order valence-electron chi connectivity index (χ0n) is 22.2. The standard InChI is InChI=1S/C31H35ClN2O3S/c1-31(2,3)22-12-10-21(11-13-22)29(35)34-30(38)25-20-33-26-8-7-9-27(28(25)26)37-19-6-4-5-18-36-24-16-14-23(32)15-17-24/h7-17,25,33H,4-6,18-20H2,1-3H3,(H,34,35,38). The number of fused-ring (bicyclic) bond motifs is 1. The molecule has 2 N–H and O–H groups in total. The van der Waals surface area contributed by atoms with Crippen LogP contribution in [-0.4, -0.2) is 30.7 Å². The fourth-order valence-electron chi connectivity index (χ4n) is 4.40. The molecule has 1 unspecified atom stereocenters. The van der Waals surface area contributed by atoms with Crippen LogP contribution in [0.5, 0.6) is 11.5 Å². The van der Waals surface area contributed by atoms with Gasteiger partial charge in [0.2, 0.25) is 0 Å². The van der Waals surface area contributed by atoms with Crippen LogP contribution in [0.4, 0.5) is 5.69 Å². The number of hydrogen-bond acceptors (Lipinski definition) is 5. The minimum absolute atomic E-state index is 0.0329. The van der Waals surface area contributed by atoms with Crippen molar-refractivity contribution < 1.29 is 14.3 Å². The van der Waals surface area contributed by atoms with E-state index >= 15 is 0 Å². The van der Waals surface area contributed by atoms with Crippen LogP contribution in [0.25, 0.3) is 0 Å². The van der Waals surface area contributed by atoms with Crippen molar-refractivity contribution in [3.8, 4) is 11.5 Å². The number of hydrogen-bond donors (Lipinski definition) is 2. The van der Waals surface area contributed by atoms with Crippen molar-refractivity contribution in [3.63, 3.8) is 0 Å². The van der Waals surface area contributed by atoms with Crippen molar-refractivity contribution in [2.24, 2.45) is 0 Å². The fraction of sp³-hybridized carbons (Fsp3) is 0.355. The Morgan fingerprint density at radius 3 is 2.34 bits per heavy atom. The SMILES string of the molecule is CC(C)(C)c1ccc(C(=O)NC(=S)C2CNc3cccc(OCCCCCOc4ccc(Cl)cc4)c32)cc1. The van der Waals surface area contributed by atoms with Crippen molar-refractivity contribution >= 4 is 40.4 Å². The summed E-state index contributed by atoms with van der Waals surface area (Å²) in [5.41, 5.74) is 3.81. The molecule has 1 atom stereocenters. The van der Waals surface area contributed by atoms with Crippen LogP contribution in [0.3, 0.4) is 0 Å². The Balaban J connectivity index is 1.27. The van der Waals surface area contributed by atoms with Crippen molar-refractivity contribution in [3.05, 3.63) is 88.4 Å². The Morgan fingerprint density at radius 1 is 0.974 bits per heavy atom. The first-order chi connectivity index (χ1) is 18.2. The highest BCUT2D eigenvalue weighted by Crippen LogP contribution is 2.39. The monoisotopic (exact) mass is 550 g/mol. The highest BCUT2D eigenvalue weighted by Gasteiger charge is 2.30. The highest BCUT2D eigenvalue weighted by molar-refractivity contribution is 7.80. The molecule has 0 saturated heterocycles. The van der Waals surface area contributed by atoms with Gasteiger partial charge in [-0.05, 0) is 78.8 Å². The first-order valence-corrected chi connectivity index (χ1v) is 13.8. The van der Waals surface area contributed by atoms with Gasteiger partial charge in [-0.3, -0.25) is 4.79 Å². The molecule has 0 aliphatic carbocycles. The van der Waals surface area contributed by atoms with Gasteiger partial charge in [0.25, 0.3) is 5.91 Å². The minimum atomic E-state index is -0.192. The molecule has 1 heterocycles. The maximum Gasteiger partial charge on any atom is 0.256 e. The molecule has 200 valence electrons. The van der Waals surface area contributed by atoms with E-state index in [-0.39, 0.29) is 17.2 Å². The van der Waals surface area contributed by atoms with Gasteiger partial charge in [-0.15, -0.1) is 0 Å². The molecular weight excluding hydrogens is 516 g/mol. The van der Waals surface area contributed by atoms with Gasteiger partial charge in [-0.1, -0.05) is 62.8 Å². The van der Waals surface area contributed by atoms with Crippen LogP contribution >= 0.6 is 23.8 Å². The third kappa shape index (κ3) is 7.27. The van der Waals surface area contributed by atoms with E-state index in [1.54, 1.807) is 0 Å². The van der Waals surface area contributed by atoms with Gasteiger partial charge in [0.15, 0.2) is 0 Å². The molecule has 3 aromatic rings. The Bertz CT molecular complexity index is 1250. The predicted octanol–water partition coefficient (Wildman–Crippen LogP) is 7.53. The summed E-state index contributed by atoms with van der Waals surface area (Å²) in [5.74, 6) is 1.31. The molecule has 38 heavy (non-hydrogen) atoms. The smallest absolute Gasteiger partial charge is 0.256 e. The van der Waals surface area contributed by atoms with E-state index in [0.717, 1.165) is 42.0 Å². The van der Waals surface area contributed by atoms with E-state index < -0.39 is 0 Å². The number of unbranched alkanes of at least 4 members (excludes halogenated alkanes) is 2. The maximum atomic E-state index is 12.9. The number of amides is 1. The average Bonchev–Trinajstić information content (AvgIpc) is 3.34. The summed E-state index contributed by atoms with van der Waals surface area (Å²) < 4.78 is 11.9. The molecule has 3 aromatic carbocycles. The van der Waals surface area contributed by atoms with E-state index in [4.69, 9.17) is 33.3 Å². The number of benzene rings is 3. The van der Waals surface area contributed by atoms with Gasteiger partial charge in [0.05, 0.1) is 24.1 Å². The molecule has 1 aliphatic heterocycles. The van der Waals surface area contributed by atoms with Gasteiger partial charge >= 0.3 is 0 Å². The lowest BCUT2D eigenvalue weighted by atomic mass is 9.86. The van der Waals surface area contributed by atoms with Gasteiger partial charge in [-0.25, -0.2) is 0 Å². The molecule has 1 amide bonds. The van der Waals surface area contributed by atoms with Gasteiger partial charge in [0.1, 0.15) is 11.5 Å². The molecule has 1 aliphatic rings. The van der Waals surface area contributed by atoms with Crippen LogP contribution in [-0.2, 0) is 5.41 Å². The summed E-state index contributed by atoms with van der Waals surface area (Å²) in [6, 6.07) is 21.1. The number of carbonyl (C=O) groups excluding carboxylic acids is 1. The Labute approximate surface area is 235 Å². The third-order valence-corrected chi connectivity index (χ3v) is 7.24. The normalized spacial score (nSPS) is 14.4. The number of carbonyl (C=O) groups is 1. The zero-order chi connectivity index (χ0) is 27.1. The minimum Gasteiger partial charge on any atom is -0.494 e. The van der Waals surface area contributed by atoms with E-state index in [0.29, 0.717) is 35.3 Å². The molecule has 7 heteroatoms. The lowest BCUT2D eigenvalue weighted by Gasteiger charge is -2.19. The van der Waals surface area contributed by atoms with E-state index in [9.17, 15) is 4.79 Å². The summed E-state index contributed by atoms with van der Waals surface area (Å²) in [7, 11) is 0. The number of ether oxygens (including phenoxy) is 2. The van der Waals surface area contributed by atoms with E-state index in [1.807, 2.05) is 66.7 Å². The molecule has 0 spiro atoms. The summed E-state index contributed by atoms with van der Waals surface area (Å²) in [6.07, 6.45) is 2.85. The second-order valence-corrected chi connectivity index (χ2v) is 11.4. The number of anilines is 1. The van der Waals surface area contributed by atoms with Crippen molar-refractivity contribution in [2.45, 2.75) is 51.4 Å². The van der Waals surface area contributed by atoms with E-state index in [2.05, 4.69) is 31.4 Å². The first-order valence-electron chi connectivity index (χ1n) is 13.1. The van der Waals surface area contributed by atoms with Crippen LogP contribution in [0.1, 0.15) is 67.4 Å². The molecule has 0 radical (unpaired) electrons. The lowest BCUT2D eigenvalue weighted by molar-refractivity contribution is 0.0976. The third-order valence-electron chi connectivity index (χ3n) is 6.61. The quantitative estimate of drug-likeness (QED) is 0.202. The van der Waals surface area contributed by atoms with Gasteiger partial charge in [-0.2, -0.15) is 0 Å². The molecule has 4 rings (SSSR count). The van der Waals surface area contributed by atoms with Crippen LogP contribution in [0.2, 0.25) is 5.02 Å². The summed E-state index contributed by atoms with van der Waals surface area (Å²) in [6.45, 7) is 8.33. The van der Waals surface area contributed by atoms with E-state index in [1.165, 1.54) is 5.56 Å². The molecule has 0 aromatic heterocycles. The fourth-order valence-corrected chi connectivity index (χ4v) is 4.82. The van der Waals surface area contributed by atoms with Crippen molar-refractivity contribution in [1.82, 2.24) is 5.32 Å². The maximum absolute atomic E-state index is 12.9. The van der Waals surface area contributed by atoms with Crippen LogP contribution < -0.4 is 20.1 Å². The van der Waals surface area contributed by atoms with Crippen LogP contribution in [0, 0.1) is 0 Å². The predicted molar refractivity (Wildman–Crippen MR) is 159 cm³/mol. The first kappa shape index (κ1) is 27.9. The largest absolute Gasteiger partial charge is 0.494 e. The van der Waals surface area contributed by atoms with Crippen molar-refractivity contribution in [2.75, 3.05) is 25.1 Å². The lowest BCUT2D eigenvalue weighted by Crippen LogP contribution is -2.34.